The molecule has 14 heavy (non-hydrogen) atoms. The monoisotopic (exact) mass is 190 g/mol. The van der Waals surface area contributed by atoms with Gasteiger partial charge in [-0.05, 0) is 24.5 Å². The normalized spacial score (nSPS) is 10.8. The van der Waals surface area contributed by atoms with Gasteiger partial charge in [0, 0.05) is 6.54 Å². The molecule has 0 spiro atoms. The van der Waals surface area contributed by atoms with Gasteiger partial charge in [0.15, 0.2) is 0 Å². The Kier molecular flexibility index (Phi) is 2.27. The molecule has 5 heteroatoms. The second kappa shape index (κ2) is 3.44. The molecule has 0 radical (unpaired) electrons. The van der Waals surface area contributed by atoms with Crippen LogP contribution >= 0.6 is 0 Å². The lowest BCUT2D eigenvalue weighted by Crippen LogP contribution is -2.29. The van der Waals surface area contributed by atoms with Gasteiger partial charge < -0.3 is 14.6 Å². The number of fused-ring (bicyclic) bond motifs is 1. The average Bonchev–Trinajstić information content (AvgIpc) is 2.59. The highest BCUT2D eigenvalue weighted by molar-refractivity contribution is 6.58. The number of hydrogen-bond acceptors (Lipinski definition) is 3. The van der Waals surface area contributed by atoms with Gasteiger partial charge in [-0.2, -0.15) is 0 Å². The van der Waals surface area contributed by atoms with E-state index in [4.69, 9.17) is 10.0 Å². The Morgan fingerprint density at radius 1 is 1.43 bits per heavy atom. The summed E-state index contributed by atoms with van der Waals surface area (Å²) in [6.07, 6.45) is 1.75. The number of aromatic nitrogens is 2. The van der Waals surface area contributed by atoms with Crippen LogP contribution in [-0.2, 0) is 6.54 Å². The Bertz CT molecular complexity index is 453. The Balaban J connectivity index is 2.57. The standard InChI is InChI=1S/C9H11BN2O2/c1-2-12-6-11-8-5-7(10(13)14)3-4-9(8)12/h3-6,13-14H,2H2,1H3. The van der Waals surface area contributed by atoms with Gasteiger partial charge in [-0.25, -0.2) is 4.98 Å². The van der Waals surface area contributed by atoms with Gasteiger partial charge in [0.05, 0.1) is 17.4 Å². The Morgan fingerprint density at radius 2 is 2.21 bits per heavy atom. The molecule has 72 valence electrons. The van der Waals surface area contributed by atoms with E-state index in [2.05, 4.69) is 4.98 Å². The van der Waals surface area contributed by atoms with Crippen LogP contribution in [0.5, 0.6) is 0 Å². The summed E-state index contributed by atoms with van der Waals surface area (Å²) in [5.41, 5.74) is 2.27. The first-order valence-corrected chi connectivity index (χ1v) is 4.53. The minimum atomic E-state index is -1.42. The van der Waals surface area contributed by atoms with Crippen molar-refractivity contribution < 1.29 is 10.0 Å². The summed E-state index contributed by atoms with van der Waals surface area (Å²) < 4.78 is 2.00. The van der Waals surface area contributed by atoms with E-state index in [0.717, 1.165) is 17.6 Å². The first-order valence-electron chi connectivity index (χ1n) is 4.53. The third kappa shape index (κ3) is 1.40. The van der Waals surface area contributed by atoms with Crippen LogP contribution in [0, 0.1) is 0 Å². The van der Waals surface area contributed by atoms with Crippen LogP contribution in [0.15, 0.2) is 24.5 Å². The SMILES string of the molecule is CCn1cnc2cc(B(O)O)ccc21. The van der Waals surface area contributed by atoms with E-state index in [-0.39, 0.29) is 0 Å². The van der Waals surface area contributed by atoms with Crippen molar-refractivity contribution in [3.63, 3.8) is 0 Å². The maximum Gasteiger partial charge on any atom is 0.488 e. The van der Waals surface area contributed by atoms with Gasteiger partial charge in [0.2, 0.25) is 0 Å². The number of rotatable bonds is 2. The van der Waals surface area contributed by atoms with E-state index in [1.807, 2.05) is 17.6 Å². The molecule has 0 aliphatic carbocycles. The summed E-state index contributed by atoms with van der Waals surface area (Å²) in [5, 5.41) is 17.9. The lowest BCUT2D eigenvalue weighted by Gasteiger charge is -2.00. The van der Waals surface area contributed by atoms with Crippen molar-refractivity contribution in [2.75, 3.05) is 0 Å². The molecule has 4 nitrogen and oxygen atoms in total. The van der Waals surface area contributed by atoms with Crippen LogP contribution in [0.4, 0.5) is 0 Å². The third-order valence-electron chi connectivity index (χ3n) is 2.28. The van der Waals surface area contributed by atoms with Crippen molar-refractivity contribution in [1.82, 2.24) is 9.55 Å². The number of aryl methyl sites for hydroxylation is 1. The summed E-state index contributed by atoms with van der Waals surface area (Å²) in [7, 11) is -1.42. The fraction of sp³-hybridized carbons (Fsp3) is 0.222. The zero-order valence-electron chi connectivity index (χ0n) is 7.88. The molecule has 0 fully saturated rings. The van der Waals surface area contributed by atoms with E-state index < -0.39 is 7.12 Å². The molecular formula is C9H11BN2O2. The minimum absolute atomic E-state index is 0.471. The van der Waals surface area contributed by atoms with Crippen LogP contribution in [0.3, 0.4) is 0 Å². The van der Waals surface area contributed by atoms with Crippen molar-refractivity contribution in [2.24, 2.45) is 0 Å². The molecule has 0 unspecified atom stereocenters. The van der Waals surface area contributed by atoms with Gasteiger partial charge in [-0.1, -0.05) is 6.07 Å². The van der Waals surface area contributed by atoms with E-state index in [9.17, 15) is 0 Å². The molecule has 2 aromatic rings. The lowest BCUT2D eigenvalue weighted by atomic mass is 9.80. The maximum absolute atomic E-state index is 8.97. The maximum atomic E-state index is 8.97. The first kappa shape index (κ1) is 9.24. The Labute approximate surface area is 82.0 Å². The van der Waals surface area contributed by atoms with Gasteiger partial charge in [-0.3, -0.25) is 0 Å². The molecule has 0 aliphatic heterocycles. The molecule has 0 saturated carbocycles. The van der Waals surface area contributed by atoms with Crippen molar-refractivity contribution >= 4 is 23.6 Å². The van der Waals surface area contributed by atoms with Crippen LogP contribution in [0.1, 0.15) is 6.92 Å². The molecular weight excluding hydrogens is 179 g/mol. The highest BCUT2D eigenvalue weighted by Crippen LogP contribution is 2.10. The molecule has 2 rings (SSSR count). The number of hydrogen-bond donors (Lipinski definition) is 2. The topological polar surface area (TPSA) is 58.3 Å². The fourth-order valence-electron chi connectivity index (χ4n) is 1.49. The van der Waals surface area contributed by atoms with Gasteiger partial charge in [0.1, 0.15) is 0 Å². The van der Waals surface area contributed by atoms with Gasteiger partial charge in [0.25, 0.3) is 0 Å². The summed E-state index contributed by atoms with van der Waals surface area (Å²) in [6.45, 7) is 2.90. The van der Waals surface area contributed by atoms with E-state index in [1.54, 1.807) is 18.5 Å². The Morgan fingerprint density at radius 3 is 2.86 bits per heavy atom. The average molecular weight is 190 g/mol. The quantitative estimate of drug-likeness (QED) is 0.641. The van der Waals surface area contributed by atoms with Crippen molar-refractivity contribution in [2.45, 2.75) is 13.5 Å². The van der Waals surface area contributed by atoms with E-state index >= 15 is 0 Å². The molecule has 0 amide bonds. The summed E-state index contributed by atoms with van der Waals surface area (Å²) >= 11 is 0. The number of imidazole rings is 1. The van der Waals surface area contributed by atoms with Gasteiger partial charge in [-0.15, -0.1) is 0 Å². The molecule has 1 aromatic carbocycles. The molecule has 0 aliphatic rings. The highest BCUT2D eigenvalue weighted by Gasteiger charge is 2.12. The molecule has 0 atom stereocenters. The number of benzene rings is 1. The lowest BCUT2D eigenvalue weighted by molar-refractivity contribution is 0.426. The summed E-state index contributed by atoms with van der Waals surface area (Å²) in [6, 6.07) is 5.23. The Hall–Kier alpha value is -1.33. The van der Waals surface area contributed by atoms with Gasteiger partial charge >= 0.3 is 7.12 Å². The predicted molar refractivity (Wildman–Crippen MR) is 55.2 cm³/mol. The third-order valence-corrected chi connectivity index (χ3v) is 2.28. The second-order valence-corrected chi connectivity index (χ2v) is 3.15. The first-order chi connectivity index (χ1) is 6.72. The zero-order chi connectivity index (χ0) is 10.1. The van der Waals surface area contributed by atoms with Crippen molar-refractivity contribution in [3.8, 4) is 0 Å². The molecule has 1 heterocycles. The van der Waals surface area contributed by atoms with Crippen LogP contribution < -0.4 is 5.46 Å². The summed E-state index contributed by atoms with van der Waals surface area (Å²) in [5.74, 6) is 0. The zero-order valence-corrected chi connectivity index (χ0v) is 7.88. The summed E-state index contributed by atoms with van der Waals surface area (Å²) in [4.78, 5) is 4.17. The van der Waals surface area contributed by atoms with Crippen LogP contribution in [0.25, 0.3) is 11.0 Å². The molecule has 1 aromatic heterocycles. The van der Waals surface area contributed by atoms with Crippen LogP contribution in [-0.4, -0.2) is 26.7 Å². The van der Waals surface area contributed by atoms with E-state index in [0.29, 0.717) is 5.46 Å². The fourth-order valence-corrected chi connectivity index (χ4v) is 1.49. The van der Waals surface area contributed by atoms with Crippen LogP contribution in [0.2, 0.25) is 0 Å². The highest BCUT2D eigenvalue weighted by atomic mass is 16.4. The van der Waals surface area contributed by atoms with E-state index in [1.165, 1.54) is 0 Å². The van der Waals surface area contributed by atoms with Crippen molar-refractivity contribution in [3.05, 3.63) is 24.5 Å². The predicted octanol–water partition coefficient (Wildman–Crippen LogP) is -0.264. The van der Waals surface area contributed by atoms with Crippen molar-refractivity contribution in [1.29, 1.82) is 0 Å². The smallest absolute Gasteiger partial charge is 0.423 e. The molecule has 0 saturated heterocycles. The molecule has 2 N–H and O–H groups in total. The number of nitrogens with zero attached hydrogens (tertiary/aromatic N) is 2. The minimum Gasteiger partial charge on any atom is -0.423 e. The second-order valence-electron chi connectivity index (χ2n) is 3.15. The molecule has 0 bridgehead atoms. The largest absolute Gasteiger partial charge is 0.488 e.